The molecule has 2 heterocycles. The fourth-order valence-electron chi connectivity index (χ4n) is 3.07. The van der Waals surface area contributed by atoms with Crippen molar-refractivity contribution in [2.24, 2.45) is 0 Å². The molecule has 2 aromatic heterocycles. The van der Waals surface area contributed by atoms with Gasteiger partial charge >= 0.3 is 0 Å². The predicted octanol–water partition coefficient (Wildman–Crippen LogP) is 4.37. The SMILES string of the molecule is CC.CCc1cccc(-c2cnc(C(C)=O)c(NC(=O)CNCc3ccnc(C)n3)c2)c1. The van der Waals surface area contributed by atoms with Crippen molar-refractivity contribution in [2.75, 3.05) is 11.9 Å². The topological polar surface area (TPSA) is 96.9 Å². The second-order valence-electron chi connectivity index (χ2n) is 6.98. The average Bonchev–Trinajstić information content (AvgIpc) is 2.80. The molecule has 7 nitrogen and oxygen atoms in total. The summed E-state index contributed by atoms with van der Waals surface area (Å²) in [4.78, 5) is 37.1. The largest absolute Gasteiger partial charge is 0.323 e. The number of rotatable bonds is 8. The fraction of sp³-hybridized carbons (Fsp3) is 0.320. The maximum atomic E-state index is 12.4. The predicted molar refractivity (Wildman–Crippen MR) is 128 cm³/mol. The molecule has 0 aliphatic rings. The molecule has 0 aliphatic carbocycles. The molecule has 3 aromatic rings. The molecule has 3 rings (SSSR count). The molecule has 1 amide bonds. The first-order valence-corrected chi connectivity index (χ1v) is 10.9. The Morgan fingerprint density at radius 3 is 2.50 bits per heavy atom. The third kappa shape index (κ3) is 7.06. The molecule has 0 radical (unpaired) electrons. The first kappa shape index (κ1) is 24.8. The molecule has 168 valence electrons. The number of Topliss-reactive ketones (excluding diaryl/α,β-unsaturated/α-hetero) is 1. The summed E-state index contributed by atoms with van der Waals surface area (Å²) in [6.45, 7) is 9.87. The van der Waals surface area contributed by atoms with E-state index < -0.39 is 0 Å². The van der Waals surface area contributed by atoms with Crippen LogP contribution in [0.3, 0.4) is 0 Å². The van der Waals surface area contributed by atoms with Crippen molar-refractivity contribution in [1.82, 2.24) is 20.3 Å². The highest BCUT2D eigenvalue weighted by atomic mass is 16.2. The van der Waals surface area contributed by atoms with E-state index in [9.17, 15) is 9.59 Å². The van der Waals surface area contributed by atoms with Gasteiger partial charge in [0, 0.05) is 31.4 Å². The maximum absolute atomic E-state index is 12.4. The Hall–Kier alpha value is -3.45. The molecule has 0 spiro atoms. The lowest BCUT2D eigenvalue weighted by Crippen LogP contribution is -2.28. The lowest BCUT2D eigenvalue weighted by Gasteiger charge is -2.12. The van der Waals surface area contributed by atoms with Gasteiger partial charge in [-0.1, -0.05) is 45.0 Å². The Labute approximate surface area is 189 Å². The number of carbonyl (C=O) groups is 2. The monoisotopic (exact) mass is 433 g/mol. The van der Waals surface area contributed by atoms with Crippen molar-refractivity contribution in [1.29, 1.82) is 0 Å². The minimum absolute atomic E-state index is 0.0793. The number of aromatic nitrogens is 3. The highest BCUT2D eigenvalue weighted by Crippen LogP contribution is 2.25. The van der Waals surface area contributed by atoms with Crippen LogP contribution in [0, 0.1) is 6.92 Å². The Morgan fingerprint density at radius 1 is 1.03 bits per heavy atom. The van der Waals surface area contributed by atoms with Crippen molar-refractivity contribution < 1.29 is 9.59 Å². The van der Waals surface area contributed by atoms with E-state index in [1.807, 2.05) is 32.9 Å². The molecule has 7 heteroatoms. The Balaban J connectivity index is 0.00000176. The van der Waals surface area contributed by atoms with Crippen LogP contribution in [0.2, 0.25) is 0 Å². The highest BCUT2D eigenvalue weighted by molar-refractivity contribution is 6.03. The number of nitrogens with one attached hydrogen (secondary N) is 2. The molecule has 0 saturated carbocycles. The summed E-state index contributed by atoms with van der Waals surface area (Å²) in [5, 5.41) is 5.86. The van der Waals surface area contributed by atoms with E-state index in [0.717, 1.165) is 23.2 Å². The van der Waals surface area contributed by atoms with Gasteiger partial charge in [-0.3, -0.25) is 14.6 Å². The molecule has 0 unspecified atom stereocenters. The number of hydrogen-bond donors (Lipinski definition) is 2. The van der Waals surface area contributed by atoms with Crippen molar-refractivity contribution in [3.05, 3.63) is 71.6 Å². The van der Waals surface area contributed by atoms with Crippen LogP contribution in [0.1, 0.15) is 55.3 Å². The first-order valence-electron chi connectivity index (χ1n) is 10.9. The molecule has 0 bridgehead atoms. The Morgan fingerprint density at radius 2 is 1.81 bits per heavy atom. The second-order valence-corrected chi connectivity index (χ2v) is 6.98. The lowest BCUT2D eigenvalue weighted by atomic mass is 10.0. The van der Waals surface area contributed by atoms with E-state index in [2.05, 4.69) is 44.6 Å². The molecule has 1 aromatic carbocycles. The van der Waals surface area contributed by atoms with Gasteiger partial charge in [-0.05, 0) is 36.6 Å². The van der Waals surface area contributed by atoms with Crippen molar-refractivity contribution in [3.8, 4) is 11.1 Å². The number of benzene rings is 1. The smallest absolute Gasteiger partial charge is 0.238 e. The summed E-state index contributed by atoms with van der Waals surface area (Å²) >= 11 is 0. The first-order chi connectivity index (χ1) is 15.5. The van der Waals surface area contributed by atoms with E-state index in [4.69, 9.17) is 0 Å². The van der Waals surface area contributed by atoms with Gasteiger partial charge in [0.2, 0.25) is 5.91 Å². The fourth-order valence-corrected chi connectivity index (χ4v) is 3.07. The van der Waals surface area contributed by atoms with Gasteiger partial charge in [-0.25, -0.2) is 9.97 Å². The molecular weight excluding hydrogens is 402 g/mol. The second kappa shape index (κ2) is 12.4. The molecule has 0 aliphatic heterocycles. The molecular formula is C25H31N5O2. The highest BCUT2D eigenvalue weighted by Gasteiger charge is 2.14. The van der Waals surface area contributed by atoms with E-state index in [1.165, 1.54) is 12.5 Å². The maximum Gasteiger partial charge on any atom is 0.238 e. The third-order valence-corrected chi connectivity index (χ3v) is 4.59. The van der Waals surface area contributed by atoms with Crippen molar-refractivity contribution >= 4 is 17.4 Å². The standard InChI is InChI=1S/C23H25N5O2.C2H6/c1-4-17-6-5-7-18(10-17)19-11-21(23(15(2)29)26-12-19)28-22(30)14-24-13-20-8-9-25-16(3)27-20;1-2/h5-12,24H,4,13-14H2,1-3H3,(H,28,30);1-2H3. The normalized spacial score (nSPS) is 10.2. The number of nitrogens with zero attached hydrogens (tertiary/aromatic N) is 3. The van der Waals surface area contributed by atoms with Crippen LogP contribution < -0.4 is 10.6 Å². The van der Waals surface area contributed by atoms with Gasteiger partial charge in [-0.2, -0.15) is 0 Å². The number of pyridine rings is 1. The minimum atomic E-state index is -0.260. The van der Waals surface area contributed by atoms with Crippen LogP contribution in [0.25, 0.3) is 11.1 Å². The third-order valence-electron chi connectivity index (χ3n) is 4.59. The Kier molecular flexibility index (Phi) is 9.63. The quantitative estimate of drug-likeness (QED) is 0.512. The van der Waals surface area contributed by atoms with Gasteiger partial charge in [-0.15, -0.1) is 0 Å². The summed E-state index contributed by atoms with van der Waals surface area (Å²) in [5.41, 5.74) is 4.49. The van der Waals surface area contributed by atoms with Crippen LogP contribution in [0.4, 0.5) is 5.69 Å². The number of aryl methyl sites for hydroxylation is 2. The molecule has 0 saturated heterocycles. The zero-order valence-electron chi connectivity index (χ0n) is 19.4. The summed E-state index contributed by atoms with van der Waals surface area (Å²) in [6.07, 6.45) is 4.27. The van der Waals surface area contributed by atoms with Gasteiger partial charge in [0.15, 0.2) is 5.78 Å². The van der Waals surface area contributed by atoms with E-state index in [0.29, 0.717) is 18.1 Å². The van der Waals surface area contributed by atoms with E-state index in [-0.39, 0.29) is 23.9 Å². The van der Waals surface area contributed by atoms with Gasteiger partial charge in [0.1, 0.15) is 11.5 Å². The molecule has 0 atom stereocenters. The summed E-state index contributed by atoms with van der Waals surface area (Å²) < 4.78 is 0. The van der Waals surface area contributed by atoms with Crippen LogP contribution in [-0.2, 0) is 17.8 Å². The van der Waals surface area contributed by atoms with Gasteiger partial charge in [0.25, 0.3) is 0 Å². The Bertz CT molecular complexity index is 1070. The molecule has 32 heavy (non-hydrogen) atoms. The van der Waals surface area contributed by atoms with Crippen molar-refractivity contribution in [2.45, 2.75) is 47.6 Å². The zero-order valence-corrected chi connectivity index (χ0v) is 19.4. The summed E-state index contributed by atoms with van der Waals surface area (Å²) in [7, 11) is 0. The van der Waals surface area contributed by atoms with E-state index >= 15 is 0 Å². The molecule has 0 fully saturated rings. The van der Waals surface area contributed by atoms with Gasteiger partial charge < -0.3 is 10.6 Å². The van der Waals surface area contributed by atoms with Crippen LogP contribution in [0.15, 0.2) is 48.8 Å². The number of amides is 1. The van der Waals surface area contributed by atoms with Gasteiger partial charge in [0.05, 0.1) is 17.9 Å². The van der Waals surface area contributed by atoms with Crippen LogP contribution in [0.5, 0.6) is 0 Å². The zero-order chi connectivity index (χ0) is 23.5. The number of anilines is 1. The number of ketones is 1. The number of hydrogen-bond acceptors (Lipinski definition) is 6. The lowest BCUT2D eigenvalue weighted by molar-refractivity contribution is -0.115. The van der Waals surface area contributed by atoms with Crippen LogP contribution in [-0.4, -0.2) is 33.2 Å². The molecule has 2 N–H and O–H groups in total. The number of carbonyl (C=O) groups excluding carboxylic acids is 2. The average molecular weight is 434 g/mol. The van der Waals surface area contributed by atoms with Crippen LogP contribution >= 0.6 is 0 Å². The van der Waals surface area contributed by atoms with E-state index in [1.54, 1.807) is 24.5 Å². The summed E-state index contributed by atoms with van der Waals surface area (Å²) in [6, 6.07) is 11.7. The van der Waals surface area contributed by atoms with Crippen molar-refractivity contribution in [3.63, 3.8) is 0 Å². The minimum Gasteiger partial charge on any atom is -0.323 e. The summed E-state index contributed by atoms with van der Waals surface area (Å²) in [5.74, 6) is 0.216.